The second kappa shape index (κ2) is 3.33. The number of alkyl halides is 1. The van der Waals surface area contributed by atoms with Crippen LogP contribution < -0.4 is 0 Å². The van der Waals surface area contributed by atoms with E-state index in [2.05, 4.69) is 0 Å². The smallest absolute Gasteiger partial charge is 0.310 e. The van der Waals surface area contributed by atoms with Gasteiger partial charge >= 0.3 is 5.97 Å². The lowest BCUT2D eigenvalue weighted by Gasteiger charge is -2.15. The van der Waals surface area contributed by atoms with Gasteiger partial charge < -0.3 is 5.11 Å². The number of carbonyl (C=O) groups is 1. The van der Waals surface area contributed by atoms with Crippen LogP contribution in [-0.4, -0.2) is 11.1 Å². The maximum absolute atomic E-state index is 13.9. The molecule has 1 aromatic rings. The third-order valence-corrected chi connectivity index (χ3v) is 2.97. The average Bonchev–Trinajstić information content (AvgIpc) is 2.96. The minimum atomic E-state index is -1.26. The summed E-state index contributed by atoms with van der Waals surface area (Å²) in [6, 6.07) is 6.91. The van der Waals surface area contributed by atoms with Crippen LogP contribution in [0, 0.1) is 0 Å². The summed E-state index contributed by atoms with van der Waals surface area (Å²) in [6.07, 6.45) is 1.02. The van der Waals surface area contributed by atoms with Crippen molar-refractivity contribution in [3.63, 3.8) is 0 Å². The normalized spacial score (nSPS) is 19.6. The van der Waals surface area contributed by atoms with Crippen LogP contribution in [-0.2, 0) is 10.5 Å². The number of rotatable bonds is 3. The number of aliphatic carboxylic acids is 1. The van der Waals surface area contributed by atoms with Crippen LogP contribution in [0.25, 0.3) is 0 Å². The van der Waals surface area contributed by atoms with Gasteiger partial charge in [0.15, 0.2) is 0 Å². The fourth-order valence-electron chi connectivity index (χ4n) is 1.79. The summed E-state index contributed by atoms with van der Waals surface area (Å²) >= 11 is 0. The minimum absolute atomic E-state index is 0.510. The van der Waals surface area contributed by atoms with Crippen molar-refractivity contribution in [3.05, 3.63) is 35.4 Å². The highest BCUT2D eigenvalue weighted by Crippen LogP contribution is 2.51. The zero-order valence-corrected chi connectivity index (χ0v) is 8.53. The molecule has 1 N–H and O–H groups in total. The molecule has 2 nitrogen and oxygen atoms in total. The van der Waals surface area contributed by atoms with Crippen molar-refractivity contribution in [2.75, 3.05) is 0 Å². The van der Waals surface area contributed by atoms with Gasteiger partial charge in [-0.3, -0.25) is 4.79 Å². The molecule has 2 rings (SSSR count). The van der Waals surface area contributed by atoms with Crippen LogP contribution in [0.5, 0.6) is 0 Å². The lowest BCUT2D eigenvalue weighted by atomic mass is 9.92. The third kappa shape index (κ3) is 1.74. The van der Waals surface area contributed by atoms with Crippen LogP contribution >= 0.6 is 0 Å². The van der Waals surface area contributed by atoms with Crippen molar-refractivity contribution in [1.29, 1.82) is 0 Å². The Bertz CT molecular complexity index is 396. The average molecular weight is 208 g/mol. The number of hydrogen-bond donors (Lipinski definition) is 1. The van der Waals surface area contributed by atoms with Gasteiger partial charge in [0.25, 0.3) is 0 Å². The van der Waals surface area contributed by atoms with E-state index in [1.54, 1.807) is 31.2 Å². The first-order valence-corrected chi connectivity index (χ1v) is 5.06. The summed E-state index contributed by atoms with van der Waals surface area (Å²) in [5.74, 6) is -1.55. The van der Waals surface area contributed by atoms with Crippen LogP contribution in [0.4, 0.5) is 4.39 Å². The van der Waals surface area contributed by atoms with Gasteiger partial charge in [0.2, 0.25) is 0 Å². The van der Waals surface area contributed by atoms with Gasteiger partial charge in [0.05, 0.1) is 5.92 Å². The molecule has 3 heteroatoms. The molecule has 1 fully saturated rings. The maximum atomic E-state index is 13.9. The molecule has 0 heterocycles. The van der Waals surface area contributed by atoms with Crippen molar-refractivity contribution in [2.45, 2.75) is 31.4 Å². The standard InChI is InChI=1S/C12H13FO2/c1-8(11(14)15)9-4-2-3-5-10(9)12(13)6-7-12/h2-5,8H,6-7H2,1H3,(H,14,15). The van der Waals surface area contributed by atoms with Crippen LogP contribution in [0.2, 0.25) is 0 Å². The van der Waals surface area contributed by atoms with Gasteiger partial charge in [-0.15, -0.1) is 0 Å². The molecule has 0 saturated heterocycles. The van der Waals surface area contributed by atoms with Gasteiger partial charge in [0, 0.05) is 0 Å². The third-order valence-electron chi connectivity index (χ3n) is 2.97. The summed E-state index contributed by atoms with van der Waals surface area (Å²) in [7, 11) is 0. The van der Waals surface area contributed by atoms with Gasteiger partial charge in [-0.2, -0.15) is 0 Å². The quantitative estimate of drug-likeness (QED) is 0.829. The Morgan fingerprint density at radius 2 is 2.07 bits per heavy atom. The van der Waals surface area contributed by atoms with E-state index in [9.17, 15) is 9.18 Å². The predicted molar refractivity (Wildman–Crippen MR) is 54.5 cm³/mol. The lowest BCUT2D eigenvalue weighted by Crippen LogP contribution is -2.12. The number of halogens is 1. The van der Waals surface area contributed by atoms with Crippen molar-refractivity contribution < 1.29 is 14.3 Å². The fourth-order valence-corrected chi connectivity index (χ4v) is 1.79. The highest BCUT2D eigenvalue weighted by molar-refractivity contribution is 5.76. The Morgan fingerprint density at radius 1 is 1.47 bits per heavy atom. The van der Waals surface area contributed by atoms with Crippen LogP contribution in [0.1, 0.15) is 36.8 Å². The van der Waals surface area contributed by atoms with Gasteiger partial charge in [0.1, 0.15) is 5.67 Å². The first-order valence-electron chi connectivity index (χ1n) is 5.06. The van der Waals surface area contributed by atoms with Crippen molar-refractivity contribution in [1.82, 2.24) is 0 Å². The van der Waals surface area contributed by atoms with Crippen molar-refractivity contribution >= 4 is 5.97 Å². The number of hydrogen-bond acceptors (Lipinski definition) is 1. The van der Waals surface area contributed by atoms with E-state index in [0.29, 0.717) is 24.0 Å². The monoisotopic (exact) mass is 208 g/mol. The number of carboxylic acid groups (broad SMARTS) is 1. The zero-order chi connectivity index (χ0) is 11.1. The molecular weight excluding hydrogens is 195 g/mol. The Balaban J connectivity index is 2.42. The SMILES string of the molecule is CC(C(=O)O)c1ccccc1C1(F)CC1. The first-order chi connectivity index (χ1) is 7.04. The van der Waals surface area contributed by atoms with Crippen LogP contribution in [0.15, 0.2) is 24.3 Å². The Kier molecular flexibility index (Phi) is 2.25. The molecule has 1 atom stereocenters. The summed E-state index contributed by atoms with van der Waals surface area (Å²) in [6.45, 7) is 1.59. The van der Waals surface area contributed by atoms with Gasteiger partial charge in [-0.25, -0.2) is 4.39 Å². The van der Waals surface area contributed by atoms with Crippen LogP contribution in [0.3, 0.4) is 0 Å². The lowest BCUT2D eigenvalue weighted by molar-refractivity contribution is -0.138. The molecule has 1 aromatic carbocycles. The predicted octanol–water partition coefficient (Wildman–Crippen LogP) is 2.83. The molecule has 0 radical (unpaired) electrons. The maximum Gasteiger partial charge on any atom is 0.310 e. The summed E-state index contributed by atoms with van der Waals surface area (Å²) in [5.41, 5.74) is -0.106. The zero-order valence-electron chi connectivity index (χ0n) is 8.53. The summed E-state index contributed by atoms with van der Waals surface area (Å²) in [5, 5.41) is 8.92. The molecule has 1 unspecified atom stereocenters. The molecule has 15 heavy (non-hydrogen) atoms. The molecule has 1 aliphatic rings. The van der Waals surface area contributed by atoms with E-state index < -0.39 is 17.6 Å². The second-order valence-corrected chi connectivity index (χ2v) is 4.11. The molecule has 1 aliphatic carbocycles. The largest absolute Gasteiger partial charge is 0.481 e. The second-order valence-electron chi connectivity index (χ2n) is 4.11. The highest BCUT2D eigenvalue weighted by atomic mass is 19.1. The van der Waals surface area contributed by atoms with E-state index in [0.717, 1.165) is 0 Å². The number of benzene rings is 1. The number of carboxylic acids is 1. The fraction of sp³-hybridized carbons (Fsp3) is 0.417. The van der Waals surface area contributed by atoms with Crippen molar-refractivity contribution in [2.24, 2.45) is 0 Å². The molecule has 0 bridgehead atoms. The first kappa shape index (κ1) is 10.1. The minimum Gasteiger partial charge on any atom is -0.481 e. The van der Waals surface area contributed by atoms with E-state index >= 15 is 0 Å². The summed E-state index contributed by atoms with van der Waals surface area (Å²) < 4.78 is 13.9. The molecular formula is C12H13FO2. The molecule has 80 valence electrons. The van der Waals surface area contributed by atoms with Gasteiger partial charge in [-0.05, 0) is 30.9 Å². The van der Waals surface area contributed by atoms with Gasteiger partial charge in [-0.1, -0.05) is 24.3 Å². The van der Waals surface area contributed by atoms with E-state index in [4.69, 9.17) is 5.11 Å². The Hall–Kier alpha value is -1.38. The highest BCUT2D eigenvalue weighted by Gasteiger charge is 2.46. The molecule has 0 aliphatic heterocycles. The van der Waals surface area contributed by atoms with E-state index in [1.807, 2.05) is 0 Å². The topological polar surface area (TPSA) is 37.3 Å². The Morgan fingerprint density at radius 3 is 2.60 bits per heavy atom. The molecule has 0 spiro atoms. The summed E-state index contributed by atoms with van der Waals surface area (Å²) in [4.78, 5) is 10.9. The van der Waals surface area contributed by atoms with E-state index in [1.165, 1.54) is 0 Å². The van der Waals surface area contributed by atoms with Crippen molar-refractivity contribution in [3.8, 4) is 0 Å². The van der Waals surface area contributed by atoms with E-state index in [-0.39, 0.29) is 0 Å². The molecule has 1 saturated carbocycles. The Labute approximate surface area is 87.7 Å². The molecule has 0 amide bonds. The molecule has 0 aromatic heterocycles.